The summed E-state index contributed by atoms with van der Waals surface area (Å²) in [6, 6.07) is 11.2. The standard InChI is InChI=1S/C19H20F3NO/c20-19(21,22)17-12-16(10-11-18(17)23)24-15-8-6-14(7-9-15)13-4-2-1-3-5-13/h6-13H,1-5,23H2. The van der Waals surface area contributed by atoms with Crippen LogP contribution in [0, 0.1) is 0 Å². The Morgan fingerprint density at radius 3 is 2.12 bits per heavy atom. The van der Waals surface area contributed by atoms with E-state index in [-0.39, 0.29) is 11.4 Å². The SMILES string of the molecule is Nc1ccc(Oc2ccc(C3CCCCC3)cc2)cc1C(F)(F)F. The van der Waals surface area contributed by atoms with Gasteiger partial charge in [-0.2, -0.15) is 13.2 Å². The third kappa shape index (κ3) is 3.83. The van der Waals surface area contributed by atoms with E-state index in [4.69, 9.17) is 10.5 Å². The van der Waals surface area contributed by atoms with E-state index >= 15 is 0 Å². The highest BCUT2D eigenvalue weighted by Crippen LogP contribution is 2.37. The number of alkyl halides is 3. The first-order valence-electron chi connectivity index (χ1n) is 8.18. The molecule has 2 aromatic rings. The maximum atomic E-state index is 12.9. The maximum Gasteiger partial charge on any atom is 0.418 e. The van der Waals surface area contributed by atoms with Gasteiger partial charge in [0.15, 0.2) is 0 Å². The van der Waals surface area contributed by atoms with Gasteiger partial charge in [0.05, 0.1) is 5.56 Å². The molecule has 1 aliphatic rings. The van der Waals surface area contributed by atoms with Crippen molar-refractivity contribution in [2.75, 3.05) is 5.73 Å². The molecule has 0 spiro atoms. The predicted molar refractivity (Wildman–Crippen MR) is 88.2 cm³/mol. The van der Waals surface area contributed by atoms with Crippen LogP contribution in [0.25, 0.3) is 0 Å². The lowest BCUT2D eigenvalue weighted by atomic mass is 9.84. The summed E-state index contributed by atoms with van der Waals surface area (Å²) in [6.07, 6.45) is 1.73. The molecule has 1 saturated carbocycles. The van der Waals surface area contributed by atoms with Crippen LogP contribution in [-0.4, -0.2) is 0 Å². The van der Waals surface area contributed by atoms with Crippen molar-refractivity contribution < 1.29 is 17.9 Å². The van der Waals surface area contributed by atoms with E-state index in [2.05, 4.69) is 0 Å². The molecule has 2 aromatic carbocycles. The van der Waals surface area contributed by atoms with Gasteiger partial charge in [-0.25, -0.2) is 0 Å². The normalized spacial score (nSPS) is 16.1. The third-order valence-corrected chi connectivity index (χ3v) is 4.52. The van der Waals surface area contributed by atoms with Crippen molar-refractivity contribution >= 4 is 5.69 Å². The number of hydrogen-bond donors (Lipinski definition) is 1. The number of nitrogen functional groups attached to an aromatic ring is 1. The van der Waals surface area contributed by atoms with E-state index in [1.165, 1.54) is 49.8 Å². The molecule has 5 heteroatoms. The van der Waals surface area contributed by atoms with E-state index in [0.717, 1.165) is 6.07 Å². The largest absolute Gasteiger partial charge is 0.457 e. The molecule has 0 aliphatic heterocycles. The number of rotatable bonds is 3. The average Bonchev–Trinajstić information content (AvgIpc) is 2.57. The summed E-state index contributed by atoms with van der Waals surface area (Å²) in [5.74, 6) is 1.23. The molecular formula is C19H20F3NO. The zero-order chi connectivity index (χ0) is 17.2. The predicted octanol–water partition coefficient (Wildman–Crippen LogP) is 6.13. The number of ether oxygens (including phenoxy) is 1. The van der Waals surface area contributed by atoms with Crippen LogP contribution in [0.2, 0.25) is 0 Å². The molecule has 0 bridgehead atoms. The van der Waals surface area contributed by atoms with Crippen molar-refractivity contribution in [1.29, 1.82) is 0 Å². The molecule has 2 nitrogen and oxygen atoms in total. The van der Waals surface area contributed by atoms with Gasteiger partial charge in [-0.1, -0.05) is 31.4 Å². The highest BCUT2D eigenvalue weighted by atomic mass is 19.4. The summed E-state index contributed by atoms with van der Waals surface area (Å²) in [6.45, 7) is 0. The van der Waals surface area contributed by atoms with E-state index in [0.29, 0.717) is 11.7 Å². The Balaban J connectivity index is 1.74. The molecule has 0 aromatic heterocycles. The van der Waals surface area contributed by atoms with Gasteiger partial charge in [0.2, 0.25) is 0 Å². The summed E-state index contributed by atoms with van der Waals surface area (Å²) < 4.78 is 44.2. The summed E-state index contributed by atoms with van der Waals surface area (Å²) in [5.41, 5.74) is 5.49. The molecule has 0 heterocycles. The number of nitrogens with two attached hydrogens (primary N) is 1. The van der Waals surface area contributed by atoms with Crippen molar-refractivity contribution in [2.24, 2.45) is 0 Å². The Morgan fingerprint density at radius 2 is 1.50 bits per heavy atom. The van der Waals surface area contributed by atoms with Crippen LogP contribution in [0.3, 0.4) is 0 Å². The van der Waals surface area contributed by atoms with Crippen LogP contribution < -0.4 is 10.5 Å². The monoisotopic (exact) mass is 335 g/mol. The fraction of sp³-hybridized carbons (Fsp3) is 0.368. The van der Waals surface area contributed by atoms with Gasteiger partial charge in [0, 0.05) is 5.69 Å². The molecule has 0 radical (unpaired) electrons. The maximum absolute atomic E-state index is 12.9. The molecule has 3 rings (SSSR count). The van der Waals surface area contributed by atoms with Crippen LogP contribution in [0.4, 0.5) is 18.9 Å². The Bertz CT molecular complexity index is 689. The van der Waals surface area contributed by atoms with Gasteiger partial charge in [0.1, 0.15) is 11.5 Å². The fourth-order valence-electron chi connectivity index (χ4n) is 3.22. The van der Waals surface area contributed by atoms with Gasteiger partial charge in [0.25, 0.3) is 0 Å². The molecule has 0 unspecified atom stereocenters. The minimum atomic E-state index is -4.49. The van der Waals surface area contributed by atoms with E-state index in [1.807, 2.05) is 24.3 Å². The minimum Gasteiger partial charge on any atom is -0.457 e. The van der Waals surface area contributed by atoms with Crippen molar-refractivity contribution in [2.45, 2.75) is 44.2 Å². The molecule has 0 saturated heterocycles. The summed E-state index contributed by atoms with van der Waals surface area (Å²) in [5, 5.41) is 0. The zero-order valence-corrected chi connectivity index (χ0v) is 13.3. The molecule has 2 N–H and O–H groups in total. The van der Waals surface area contributed by atoms with Crippen LogP contribution in [-0.2, 0) is 6.18 Å². The first kappa shape index (κ1) is 16.7. The van der Waals surface area contributed by atoms with Gasteiger partial charge >= 0.3 is 6.18 Å². The second kappa shape index (κ2) is 6.75. The number of benzene rings is 2. The van der Waals surface area contributed by atoms with Crippen molar-refractivity contribution in [3.8, 4) is 11.5 Å². The minimum absolute atomic E-state index is 0.127. The molecule has 24 heavy (non-hydrogen) atoms. The van der Waals surface area contributed by atoms with Crippen LogP contribution >= 0.6 is 0 Å². The quantitative estimate of drug-likeness (QED) is 0.685. The fourth-order valence-corrected chi connectivity index (χ4v) is 3.22. The van der Waals surface area contributed by atoms with Gasteiger partial charge < -0.3 is 10.5 Å². The van der Waals surface area contributed by atoms with Crippen molar-refractivity contribution in [1.82, 2.24) is 0 Å². The Morgan fingerprint density at radius 1 is 0.875 bits per heavy atom. The molecule has 1 aliphatic carbocycles. The lowest BCUT2D eigenvalue weighted by molar-refractivity contribution is -0.137. The first-order valence-corrected chi connectivity index (χ1v) is 8.18. The smallest absolute Gasteiger partial charge is 0.418 e. The first-order chi connectivity index (χ1) is 11.4. The summed E-state index contributed by atoms with van der Waals surface area (Å²) >= 11 is 0. The van der Waals surface area contributed by atoms with E-state index < -0.39 is 11.7 Å². The highest BCUT2D eigenvalue weighted by Gasteiger charge is 2.33. The molecule has 0 atom stereocenters. The van der Waals surface area contributed by atoms with Crippen LogP contribution in [0.5, 0.6) is 11.5 Å². The van der Waals surface area contributed by atoms with Crippen molar-refractivity contribution in [3.05, 3.63) is 53.6 Å². The topological polar surface area (TPSA) is 35.2 Å². The second-order valence-corrected chi connectivity index (χ2v) is 6.25. The number of hydrogen-bond acceptors (Lipinski definition) is 2. The molecular weight excluding hydrogens is 315 g/mol. The Kier molecular flexibility index (Phi) is 4.69. The summed E-state index contributed by atoms with van der Waals surface area (Å²) in [4.78, 5) is 0. The molecule has 128 valence electrons. The summed E-state index contributed by atoms with van der Waals surface area (Å²) in [7, 11) is 0. The van der Waals surface area contributed by atoms with Gasteiger partial charge in [-0.15, -0.1) is 0 Å². The van der Waals surface area contributed by atoms with Crippen molar-refractivity contribution in [3.63, 3.8) is 0 Å². The highest BCUT2D eigenvalue weighted by molar-refractivity contribution is 5.52. The van der Waals surface area contributed by atoms with Crippen LogP contribution in [0.1, 0.15) is 49.1 Å². The van der Waals surface area contributed by atoms with E-state index in [1.54, 1.807) is 0 Å². The van der Waals surface area contributed by atoms with Gasteiger partial charge in [-0.3, -0.25) is 0 Å². The average molecular weight is 335 g/mol. The molecule has 0 amide bonds. The van der Waals surface area contributed by atoms with E-state index in [9.17, 15) is 13.2 Å². The van der Waals surface area contributed by atoms with Gasteiger partial charge in [-0.05, 0) is 54.7 Å². The Hall–Kier alpha value is -2.17. The third-order valence-electron chi connectivity index (χ3n) is 4.52. The Labute approximate surface area is 139 Å². The van der Waals surface area contributed by atoms with Crippen LogP contribution in [0.15, 0.2) is 42.5 Å². The second-order valence-electron chi connectivity index (χ2n) is 6.25. The lowest BCUT2D eigenvalue weighted by Crippen LogP contribution is -2.08. The lowest BCUT2D eigenvalue weighted by Gasteiger charge is -2.22. The number of halogens is 3. The number of anilines is 1. The zero-order valence-electron chi connectivity index (χ0n) is 13.3. The molecule has 1 fully saturated rings.